The average molecular weight is 361 g/mol. The fraction of sp³-hybridized carbons (Fsp3) is 0.429. The molecule has 4 atom stereocenters. The number of benzene rings is 2. The molecule has 0 radical (unpaired) electrons. The second-order valence-electron chi connectivity index (χ2n) is 6.62. The van der Waals surface area contributed by atoms with Crippen molar-refractivity contribution < 1.29 is 19.3 Å². The van der Waals surface area contributed by atoms with Crippen molar-refractivity contribution in [1.29, 1.82) is 0 Å². The van der Waals surface area contributed by atoms with E-state index in [0.29, 0.717) is 0 Å². The minimum Gasteiger partial charge on any atom is -0.393 e. The van der Waals surface area contributed by atoms with E-state index in [4.69, 9.17) is 4.74 Å². The first kappa shape index (κ1) is 20.5. The van der Waals surface area contributed by atoms with E-state index >= 15 is 0 Å². The average Bonchev–Trinajstić information content (AvgIpc) is 2.70. The van der Waals surface area contributed by atoms with E-state index in [1.54, 1.807) is 14.0 Å². The third-order valence-corrected chi connectivity index (χ3v) is 4.66. The number of hydrogen-bond acceptors (Lipinski definition) is 4. The summed E-state index contributed by atoms with van der Waals surface area (Å²) >= 11 is 0. The molecule has 0 aliphatic carbocycles. The zero-order chi connectivity index (χ0) is 19.0. The Hall–Kier alpha value is -1.79. The molecule has 0 saturated carbocycles. The van der Waals surface area contributed by atoms with Crippen LogP contribution < -0.4 is 5.32 Å². The van der Waals surface area contributed by atoms with Crippen LogP contribution in [-0.4, -0.2) is 41.7 Å². The van der Waals surface area contributed by atoms with Crippen molar-refractivity contribution in [3.8, 4) is 0 Å². The van der Waals surface area contributed by atoms with Crippen LogP contribution >= 0.6 is 0 Å². The molecule has 0 aromatic heterocycles. The quantitative estimate of drug-likeness (QED) is 0.609. The maximum atomic E-state index is 15.0. The highest BCUT2D eigenvalue weighted by Gasteiger charge is 2.42. The summed E-state index contributed by atoms with van der Waals surface area (Å²) in [5.41, 5.74) is -0.0528. The fourth-order valence-electron chi connectivity index (χ4n) is 3.01. The molecule has 26 heavy (non-hydrogen) atoms. The highest BCUT2D eigenvalue weighted by atomic mass is 19.1. The summed E-state index contributed by atoms with van der Waals surface area (Å²) in [5.74, 6) is 0. The smallest absolute Gasteiger partial charge is 0.157 e. The van der Waals surface area contributed by atoms with Gasteiger partial charge >= 0.3 is 0 Å². The fourth-order valence-corrected chi connectivity index (χ4v) is 3.01. The molecule has 0 heterocycles. The largest absolute Gasteiger partial charge is 0.393 e. The van der Waals surface area contributed by atoms with Crippen LogP contribution in [0, 0.1) is 0 Å². The molecule has 142 valence electrons. The van der Waals surface area contributed by atoms with Crippen LogP contribution in [0.5, 0.6) is 0 Å². The predicted octanol–water partition coefficient (Wildman–Crippen LogP) is 3.00. The van der Waals surface area contributed by atoms with E-state index < -0.39 is 24.5 Å². The molecule has 3 N–H and O–H groups in total. The van der Waals surface area contributed by atoms with Crippen molar-refractivity contribution in [2.45, 2.75) is 43.9 Å². The first-order chi connectivity index (χ1) is 12.5. The Balaban J connectivity index is 2.03. The topological polar surface area (TPSA) is 61.7 Å². The normalized spacial score (nSPS) is 17.3. The van der Waals surface area contributed by atoms with E-state index in [-0.39, 0.29) is 19.1 Å². The van der Waals surface area contributed by atoms with Gasteiger partial charge in [-0.2, -0.15) is 0 Å². The second-order valence-corrected chi connectivity index (χ2v) is 6.62. The van der Waals surface area contributed by atoms with Crippen molar-refractivity contribution in [3.05, 3.63) is 71.8 Å². The minimum absolute atomic E-state index is 0.0320. The summed E-state index contributed by atoms with van der Waals surface area (Å²) in [6.07, 6.45) is -2.55. The van der Waals surface area contributed by atoms with Crippen LogP contribution in [-0.2, 0) is 11.3 Å². The predicted molar refractivity (Wildman–Crippen MR) is 100 cm³/mol. The van der Waals surface area contributed by atoms with Crippen molar-refractivity contribution in [3.63, 3.8) is 0 Å². The summed E-state index contributed by atoms with van der Waals surface area (Å²) in [7, 11) is 1.75. The maximum Gasteiger partial charge on any atom is 0.157 e. The Morgan fingerprint density at radius 3 is 2.19 bits per heavy atom. The lowest BCUT2D eigenvalue weighted by Gasteiger charge is -2.35. The van der Waals surface area contributed by atoms with Gasteiger partial charge < -0.3 is 20.3 Å². The van der Waals surface area contributed by atoms with E-state index in [0.717, 1.165) is 11.1 Å². The van der Waals surface area contributed by atoms with Gasteiger partial charge in [0.15, 0.2) is 6.17 Å². The molecule has 0 aliphatic heterocycles. The molecular weight excluding hydrogens is 333 g/mol. The van der Waals surface area contributed by atoms with Gasteiger partial charge in [-0.25, -0.2) is 4.39 Å². The molecule has 0 amide bonds. The second kappa shape index (κ2) is 9.78. The van der Waals surface area contributed by atoms with Gasteiger partial charge in [0, 0.05) is 12.5 Å². The Kier molecular flexibility index (Phi) is 7.72. The van der Waals surface area contributed by atoms with Crippen LogP contribution in [0.1, 0.15) is 30.5 Å². The third-order valence-electron chi connectivity index (χ3n) is 4.66. The Morgan fingerprint density at radius 2 is 1.65 bits per heavy atom. The Bertz CT molecular complexity index is 640. The molecule has 0 fully saturated rings. The van der Waals surface area contributed by atoms with Gasteiger partial charge in [0.25, 0.3) is 0 Å². The van der Waals surface area contributed by atoms with Crippen molar-refractivity contribution in [2.75, 3.05) is 13.7 Å². The SMILES string of the molecule is CN[C@@H](C[C@@](O)(CO)[C@H](F)[C@H](C)OCc1ccccc1)c1ccccc1. The zero-order valence-corrected chi connectivity index (χ0v) is 15.3. The molecule has 2 rings (SSSR count). The molecule has 0 aliphatic rings. The lowest BCUT2D eigenvalue weighted by atomic mass is 9.86. The van der Waals surface area contributed by atoms with Gasteiger partial charge in [0.1, 0.15) is 5.60 Å². The minimum atomic E-state index is -1.90. The first-order valence-corrected chi connectivity index (χ1v) is 8.85. The molecule has 2 aromatic carbocycles. The lowest BCUT2D eigenvalue weighted by Crippen LogP contribution is -2.51. The number of halogens is 1. The highest BCUT2D eigenvalue weighted by Crippen LogP contribution is 2.30. The van der Waals surface area contributed by atoms with Crippen molar-refractivity contribution >= 4 is 0 Å². The van der Waals surface area contributed by atoms with E-state index in [2.05, 4.69) is 5.32 Å². The molecule has 0 saturated heterocycles. The summed E-state index contributed by atoms with van der Waals surface area (Å²) in [4.78, 5) is 0. The van der Waals surface area contributed by atoms with Crippen molar-refractivity contribution in [1.82, 2.24) is 5.32 Å². The van der Waals surface area contributed by atoms with Gasteiger partial charge in [-0.1, -0.05) is 60.7 Å². The lowest BCUT2D eigenvalue weighted by molar-refractivity contribution is -0.134. The molecule has 5 heteroatoms. The number of hydrogen-bond donors (Lipinski definition) is 3. The Labute approximate surface area is 154 Å². The van der Waals surface area contributed by atoms with E-state index in [1.807, 2.05) is 60.7 Å². The van der Waals surface area contributed by atoms with Crippen LogP contribution in [0.2, 0.25) is 0 Å². The van der Waals surface area contributed by atoms with E-state index in [1.165, 1.54) is 0 Å². The highest BCUT2D eigenvalue weighted by molar-refractivity contribution is 5.20. The van der Waals surface area contributed by atoms with E-state index in [9.17, 15) is 14.6 Å². The van der Waals surface area contributed by atoms with Crippen LogP contribution in [0.15, 0.2) is 60.7 Å². The van der Waals surface area contributed by atoms with Gasteiger partial charge in [0.2, 0.25) is 0 Å². The Morgan fingerprint density at radius 1 is 1.08 bits per heavy atom. The van der Waals surface area contributed by atoms with Gasteiger partial charge in [-0.05, 0) is 25.1 Å². The molecule has 0 bridgehead atoms. The molecule has 4 nitrogen and oxygen atoms in total. The molecular formula is C21H28FNO3. The number of aliphatic hydroxyl groups excluding tert-OH is 1. The molecule has 0 spiro atoms. The van der Waals surface area contributed by atoms with Gasteiger partial charge in [-0.15, -0.1) is 0 Å². The van der Waals surface area contributed by atoms with Crippen LogP contribution in [0.25, 0.3) is 0 Å². The number of rotatable bonds is 10. The van der Waals surface area contributed by atoms with Gasteiger partial charge in [0.05, 0.1) is 19.3 Å². The number of alkyl halides is 1. The molecule has 0 unspecified atom stereocenters. The monoisotopic (exact) mass is 361 g/mol. The maximum absolute atomic E-state index is 15.0. The van der Waals surface area contributed by atoms with Crippen molar-refractivity contribution in [2.24, 2.45) is 0 Å². The molecule has 2 aromatic rings. The first-order valence-electron chi connectivity index (χ1n) is 8.85. The number of aliphatic hydroxyl groups is 2. The summed E-state index contributed by atoms with van der Waals surface area (Å²) in [6, 6.07) is 18.6. The van der Waals surface area contributed by atoms with Crippen LogP contribution in [0.3, 0.4) is 0 Å². The summed E-state index contributed by atoms with van der Waals surface area (Å²) in [6.45, 7) is 1.14. The summed E-state index contributed by atoms with van der Waals surface area (Å²) in [5, 5.41) is 23.6. The zero-order valence-electron chi connectivity index (χ0n) is 15.3. The summed E-state index contributed by atoms with van der Waals surface area (Å²) < 4.78 is 20.6. The third kappa shape index (κ3) is 5.35. The number of ether oxygens (including phenoxy) is 1. The van der Waals surface area contributed by atoms with Gasteiger partial charge in [-0.3, -0.25) is 0 Å². The number of nitrogens with one attached hydrogen (secondary N) is 1. The van der Waals surface area contributed by atoms with Crippen LogP contribution in [0.4, 0.5) is 4.39 Å². The standard InChI is InChI=1S/C21H28FNO3/c1-16(26-14-17-9-5-3-6-10-17)20(22)21(25,15-24)13-19(23-2)18-11-7-4-8-12-18/h3-12,16,19-20,23-25H,13-15H2,1-2H3/t16-,19-,20+,21+/m0/s1.